The Balaban J connectivity index is 1.82. The summed E-state index contributed by atoms with van der Waals surface area (Å²) in [6.45, 7) is 6.27. The molecular weight excluding hydrogens is 298 g/mol. The fraction of sp³-hybridized carbons (Fsp3) is 0.938. The van der Waals surface area contributed by atoms with Gasteiger partial charge in [0.25, 0.3) is 0 Å². The van der Waals surface area contributed by atoms with Gasteiger partial charge in [0.15, 0.2) is 5.96 Å². The fourth-order valence-electron chi connectivity index (χ4n) is 2.93. The minimum atomic E-state index is -0.604. The van der Waals surface area contributed by atoms with E-state index in [0.717, 1.165) is 56.1 Å². The molecule has 0 bridgehead atoms. The Morgan fingerprint density at radius 1 is 1.45 bits per heavy atom. The van der Waals surface area contributed by atoms with Gasteiger partial charge in [-0.05, 0) is 44.3 Å². The van der Waals surface area contributed by atoms with E-state index in [1.54, 1.807) is 0 Å². The minimum absolute atomic E-state index is 0.504. The Bertz CT molecular complexity index is 353. The van der Waals surface area contributed by atoms with Crippen molar-refractivity contribution in [2.24, 2.45) is 10.9 Å². The largest absolute Gasteiger partial charge is 0.387 e. The number of ether oxygens (including phenoxy) is 1. The van der Waals surface area contributed by atoms with Crippen molar-refractivity contribution in [3.05, 3.63) is 0 Å². The van der Waals surface area contributed by atoms with Crippen LogP contribution < -0.4 is 5.32 Å². The highest BCUT2D eigenvalue weighted by atomic mass is 32.2. The predicted octanol–water partition coefficient (Wildman–Crippen LogP) is 1.57. The van der Waals surface area contributed by atoms with Crippen LogP contribution in [0.1, 0.15) is 32.6 Å². The average Bonchev–Trinajstić information content (AvgIpc) is 2.97. The third-order valence-corrected chi connectivity index (χ3v) is 5.75. The van der Waals surface area contributed by atoms with Gasteiger partial charge in [0.1, 0.15) is 0 Å². The van der Waals surface area contributed by atoms with Crippen LogP contribution in [0.3, 0.4) is 0 Å². The van der Waals surface area contributed by atoms with E-state index < -0.39 is 5.60 Å². The number of aliphatic hydroxyl groups is 1. The predicted molar refractivity (Wildman–Crippen MR) is 93.7 cm³/mol. The van der Waals surface area contributed by atoms with Crippen LogP contribution in [0.2, 0.25) is 0 Å². The second-order valence-corrected chi connectivity index (χ2v) is 7.57. The first kappa shape index (κ1) is 17.9. The molecule has 0 aromatic carbocycles. The van der Waals surface area contributed by atoms with Crippen molar-refractivity contribution in [3.8, 4) is 0 Å². The highest BCUT2D eigenvalue weighted by molar-refractivity contribution is 7.99. The third kappa shape index (κ3) is 5.63. The molecule has 0 radical (unpaired) electrons. The summed E-state index contributed by atoms with van der Waals surface area (Å²) in [4.78, 5) is 6.87. The number of hydrogen-bond acceptors (Lipinski definition) is 4. The molecular formula is C16H31N3O2S. The van der Waals surface area contributed by atoms with Gasteiger partial charge >= 0.3 is 0 Å². The molecule has 2 fully saturated rings. The quantitative estimate of drug-likeness (QED) is 0.572. The highest BCUT2D eigenvalue weighted by Crippen LogP contribution is 2.28. The smallest absolute Gasteiger partial charge is 0.193 e. The van der Waals surface area contributed by atoms with Gasteiger partial charge in [-0.15, -0.1) is 0 Å². The fourth-order valence-corrected chi connectivity index (χ4v) is 4.21. The monoisotopic (exact) mass is 329 g/mol. The number of nitrogens with one attached hydrogen (secondary N) is 1. The molecule has 0 aromatic rings. The van der Waals surface area contributed by atoms with Crippen molar-refractivity contribution < 1.29 is 9.84 Å². The molecule has 1 atom stereocenters. The van der Waals surface area contributed by atoms with Crippen LogP contribution in [0, 0.1) is 5.92 Å². The Morgan fingerprint density at radius 2 is 2.23 bits per heavy atom. The summed E-state index contributed by atoms with van der Waals surface area (Å²) in [6.07, 6.45) is 4.40. The molecule has 0 aliphatic carbocycles. The summed E-state index contributed by atoms with van der Waals surface area (Å²) in [7, 11) is 2.09. The van der Waals surface area contributed by atoms with Crippen LogP contribution in [0.25, 0.3) is 0 Å². The van der Waals surface area contributed by atoms with E-state index in [-0.39, 0.29) is 0 Å². The van der Waals surface area contributed by atoms with E-state index in [1.807, 2.05) is 11.8 Å². The number of rotatable bonds is 6. The van der Waals surface area contributed by atoms with E-state index >= 15 is 0 Å². The zero-order valence-electron chi connectivity index (χ0n) is 14.0. The summed E-state index contributed by atoms with van der Waals surface area (Å²) in [5.41, 5.74) is -0.604. The van der Waals surface area contributed by atoms with Crippen LogP contribution >= 0.6 is 11.8 Å². The summed E-state index contributed by atoms with van der Waals surface area (Å²) in [6, 6.07) is 0. The molecule has 2 N–H and O–H groups in total. The van der Waals surface area contributed by atoms with Gasteiger partial charge in [-0.3, -0.25) is 4.99 Å². The molecule has 128 valence electrons. The second kappa shape index (κ2) is 8.99. The number of guanidine groups is 1. The van der Waals surface area contributed by atoms with Gasteiger partial charge in [-0.1, -0.05) is 0 Å². The zero-order chi connectivity index (χ0) is 15.8. The molecule has 2 aliphatic rings. The van der Waals surface area contributed by atoms with E-state index in [1.165, 1.54) is 19.3 Å². The van der Waals surface area contributed by atoms with Crippen LogP contribution in [-0.2, 0) is 4.74 Å². The Labute approximate surface area is 138 Å². The van der Waals surface area contributed by atoms with Crippen molar-refractivity contribution >= 4 is 17.7 Å². The maximum Gasteiger partial charge on any atom is 0.193 e. The molecule has 0 spiro atoms. The lowest BCUT2D eigenvalue weighted by Gasteiger charge is -2.27. The van der Waals surface area contributed by atoms with Crippen LogP contribution in [-0.4, -0.2) is 73.0 Å². The topological polar surface area (TPSA) is 57.1 Å². The first-order chi connectivity index (χ1) is 10.6. The second-order valence-electron chi connectivity index (χ2n) is 6.46. The molecule has 2 aliphatic heterocycles. The van der Waals surface area contributed by atoms with Crippen molar-refractivity contribution in [1.29, 1.82) is 0 Å². The Morgan fingerprint density at radius 3 is 2.86 bits per heavy atom. The van der Waals surface area contributed by atoms with Crippen molar-refractivity contribution in [2.75, 3.05) is 51.4 Å². The van der Waals surface area contributed by atoms with Gasteiger partial charge in [-0.2, -0.15) is 11.8 Å². The minimum Gasteiger partial charge on any atom is -0.387 e. The maximum absolute atomic E-state index is 10.4. The lowest BCUT2D eigenvalue weighted by atomic mass is 9.96. The number of thioether (sulfide) groups is 1. The van der Waals surface area contributed by atoms with Gasteiger partial charge in [0.05, 0.1) is 12.1 Å². The molecule has 6 heteroatoms. The van der Waals surface area contributed by atoms with E-state index in [2.05, 4.69) is 29.2 Å². The summed E-state index contributed by atoms with van der Waals surface area (Å²) in [5.74, 6) is 3.54. The molecule has 1 unspecified atom stereocenters. The molecule has 2 saturated heterocycles. The first-order valence-corrected chi connectivity index (χ1v) is 9.66. The third-order valence-electron chi connectivity index (χ3n) is 4.52. The van der Waals surface area contributed by atoms with E-state index in [9.17, 15) is 5.11 Å². The zero-order valence-corrected chi connectivity index (χ0v) is 14.8. The highest BCUT2D eigenvalue weighted by Gasteiger charge is 2.31. The normalized spacial score (nSPS) is 27.1. The van der Waals surface area contributed by atoms with Crippen molar-refractivity contribution in [3.63, 3.8) is 0 Å². The van der Waals surface area contributed by atoms with Gasteiger partial charge in [0, 0.05) is 39.1 Å². The van der Waals surface area contributed by atoms with Gasteiger partial charge in [0.2, 0.25) is 0 Å². The van der Waals surface area contributed by atoms with Crippen molar-refractivity contribution in [2.45, 2.75) is 38.2 Å². The number of nitrogens with zero attached hydrogens (tertiary/aromatic N) is 2. The maximum atomic E-state index is 10.4. The number of hydrogen-bond donors (Lipinski definition) is 2. The molecule has 5 nitrogen and oxygen atoms in total. The van der Waals surface area contributed by atoms with Crippen molar-refractivity contribution in [1.82, 2.24) is 10.2 Å². The summed E-state index contributed by atoms with van der Waals surface area (Å²) >= 11 is 1.82. The Kier molecular flexibility index (Phi) is 7.31. The van der Waals surface area contributed by atoms with Crippen LogP contribution in [0.4, 0.5) is 0 Å². The molecule has 0 aromatic heterocycles. The molecule has 2 rings (SSSR count). The average molecular weight is 330 g/mol. The molecule has 0 amide bonds. The van der Waals surface area contributed by atoms with Gasteiger partial charge in [-0.25, -0.2) is 0 Å². The summed E-state index contributed by atoms with van der Waals surface area (Å²) in [5, 5.41) is 13.8. The lowest BCUT2D eigenvalue weighted by molar-refractivity contribution is 0.0624. The molecule has 22 heavy (non-hydrogen) atoms. The lowest BCUT2D eigenvalue weighted by Crippen LogP contribution is -2.42. The van der Waals surface area contributed by atoms with E-state index in [0.29, 0.717) is 6.54 Å². The number of aliphatic imine (C=N–C) groups is 1. The first-order valence-electron chi connectivity index (χ1n) is 8.50. The molecule has 0 saturated carbocycles. The van der Waals surface area contributed by atoms with Crippen LogP contribution in [0.15, 0.2) is 4.99 Å². The standard InChI is InChI=1S/C16H31N3O2S/c1-3-17-15(18-12-16(20)7-11-22-13-16)19(2)8-4-14-5-9-21-10-6-14/h14,20H,3-13H2,1-2H3,(H,17,18). The van der Waals surface area contributed by atoms with Gasteiger partial charge < -0.3 is 20.1 Å². The summed E-state index contributed by atoms with van der Waals surface area (Å²) < 4.78 is 5.42. The Hall–Kier alpha value is -0.460. The van der Waals surface area contributed by atoms with Crippen LogP contribution in [0.5, 0.6) is 0 Å². The van der Waals surface area contributed by atoms with E-state index in [4.69, 9.17) is 4.74 Å². The molecule has 2 heterocycles. The SMILES string of the molecule is CCNC(=NCC1(O)CCSC1)N(C)CCC1CCOCC1.